The minimum absolute atomic E-state index is 0.293. The van der Waals surface area contributed by atoms with Crippen molar-refractivity contribution >= 4 is 0 Å². The molecule has 1 N–H and O–H groups in total. The molecule has 0 spiro atoms. The van der Waals surface area contributed by atoms with Gasteiger partial charge in [0.25, 0.3) is 0 Å². The van der Waals surface area contributed by atoms with Gasteiger partial charge in [-0.1, -0.05) is 0 Å². The minimum Gasteiger partial charge on any atom is -0.494 e. The summed E-state index contributed by atoms with van der Waals surface area (Å²) in [7, 11) is 1.98. The van der Waals surface area contributed by atoms with E-state index in [2.05, 4.69) is 10.3 Å². The van der Waals surface area contributed by atoms with E-state index < -0.39 is 0 Å². The average molecular weight is 222 g/mol. The van der Waals surface area contributed by atoms with Crippen molar-refractivity contribution in [3.63, 3.8) is 0 Å². The third-order valence-corrected chi connectivity index (χ3v) is 2.81. The van der Waals surface area contributed by atoms with Gasteiger partial charge in [0, 0.05) is 18.3 Å². The zero-order valence-electron chi connectivity index (χ0n) is 9.77. The molecule has 16 heavy (non-hydrogen) atoms. The predicted molar refractivity (Wildman–Crippen MR) is 61.9 cm³/mol. The fourth-order valence-corrected chi connectivity index (χ4v) is 1.78. The molecule has 0 atom stereocenters. The van der Waals surface area contributed by atoms with Crippen LogP contribution in [-0.2, 0) is 0 Å². The van der Waals surface area contributed by atoms with Crippen LogP contribution in [0.2, 0.25) is 0 Å². The normalized spacial score (nSPS) is 23.6. The lowest BCUT2D eigenvalue weighted by Gasteiger charge is -2.34. The molecule has 1 aliphatic rings. The summed E-state index contributed by atoms with van der Waals surface area (Å²) in [5.41, 5.74) is 0. The third-order valence-electron chi connectivity index (χ3n) is 2.81. The maximum Gasteiger partial charge on any atom is 0.217 e. The van der Waals surface area contributed by atoms with Crippen LogP contribution in [-0.4, -0.2) is 30.8 Å². The molecule has 88 valence electrons. The van der Waals surface area contributed by atoms with Crippen molar-refractivity contribution in [3.8, 4) is 11.6 Å². The number of aromatic nitrogens is 1. The second-order valence-electron chi connectivity index (χ2n) is 3.96. The highest BCUT2D eigenvalue weighted by atomic mass is 16.5. The van der Waals surface area contributed by atoms with Gasteiger partial charge >= 0.3 is 0 Å². The summed E-state index contributed by atoms with van der Waals surface area (Å²) in [6.07, 6.45) is 4.12. The van der Waals surface area contributed by atoms with E-state index in [4.69, 9.17) is 9.47 Å². The second kappa shape index (κ2) is 5.16. The number of nitrogens with zero attached hydrogens (tertiary/aromatic N) is 1. The Bertz CT molecular complexity index is 338. The van der Waals surface area contributed by atoms with Crippen LogP contribution in [0.15, 0.2) is 18.3 Å². The quantitative estimate of drug-likeness (QED) is 0.822. The lowest BCUT2D eigenvalue weighted by atomic mass is 9.89. The maximum atomic E-state index is 5.74. The molecule has 4 heteroatoms. The van der Waals surface area contributed by atoms with E-state index in [0.717, 1.165) is 18.6 Å². The van der Waals surface area contributed by atoms with E-state index in [1.54, 1.807) is 6.20 Å². The van der Waals surface area contributed by atoms with Crippen LogP contribution < -0.4 is 14.8 Å². The topological polar surface area (TPSA) is 43.4 Å². The Morgan fingerprint density at radius 3 is 3.00 bits per heavy atom. The van der Waals surface area contributed by atoms with Gasteiger partial charge in [-0.05, 0) is 32.9 Å². The molecular formula is C12H18N2O2. The standard InChI is InChI=1S/C12H18N2O2/c1-3-15-10-4-5-14-12(8-10)16-11-6-9(7-11)13-2/h4-5,8-9,11,13H,3,6-7H2,1-2H3. The molecule has 1 aromatic rings. The summed E-state index contributed by atoms with van der Waals surface area (Å²) in [6, 6.07) is 4.28. The summed E-state index contributed by atoms with van der Waals surface area (Å²) in [4.78, 5) is 4.17. The molecule has 0 aliphatic heterocycles. The molecular weight excluding hydrogens is 204 g/mol. The molecule has 0 amide bonds. The first-order valence-electron chi connectivity index (χ1n) is 5.74. The SMILES string of the molecule is CCOc1ccnc(OC2CC(NC)C2)c1. The molecule has 1 aliphatic carbocycles. The lowest BCUT2D eigenvalue weighted by molar-refractivity contribution is 0.0836. The van der Waals surface area contributed by atoms with E-state index in [1.165, 1.54) is 0 Å². The fraction of sp³-hybridized carbons (Fsp3) is 0.583. The highest BCUT2D eigenvalue weighted by molar-refractivity contribution is 5.26. The van der Waals surface area contributed by atoms with E-state index in [-0.39, 0.29) is 0 Å². The van der Waals surface area contributed by atoms with Gasteiger partial charge in [0.05, 0.1) is 6.61 Å². The monoisotopic (exact) mass is 222 g/mol. The van der Waals surface area contributed by atoms with Crippen molar-refractivity contribution < 1.29 is 9.47 Å². The average Bonchev–Trinajstić information content (AvgIpc) is 2.24. The predicted octanol–water partition coefficient (Wildman–Crippen LogP) is 1.61. The second-order valence-corrected chi connectivity index (χ2v) is 3.96. The van der Waals surface area contributed by atoms with E-state index >= 15 is 0 Å². The Hall–Kier alpha value is -1.29. The summed E-state index contributed by atoms with van der Waals surface area (Å²) >= 11 is 0. The largest absolute Gasteiger partial charge is 0.494 e. The van der Waals surface area contributed by atoms with Crippen LogP contribution in [0.3, 0.4) is 0 Å². The van der Waals surface area contributed by atoms with Gasteiger partial charge in [-0.25, -0.2) is 4.98 Å². The Morgan fingerprint density at radius 1 is 1.50 bits per heavy atom. The van der Waals surface area contributed by atoms with E-state index in [0.29, 0.717) is 24.6 Å². The summed E-state index contributed by atoms with van der Waals surface area (Å²) < 4.78 is 11.1. The minimum atomic E-state index is 0.293. The van der Waals surface area contributed by atoms with Gasteiger partial charge in [-0.15, -0.1) is 0 Å². The van der Waals surface area contributed by atoms with Crippen LogP contribution in [0.25, 0.3) is 0 Å². The van der Waals surface area contributed by atoms with Crippen molar-refractivity contribution in [1.82, 2.24) is 10.3 Å². The lowest BCUT2D eigenvalue weighted by Crippen LogP contribution is -2.45. The van der Waals surface area contributed by atoms with Gasteiger partial charge < -0.3 is 14.8 Å². The van der Waals surface area contributed by atoms with E-state index in [9.17, 15) is 0 Å². The smallest absolute Gasteiger partial charge is 0.217 e. The first-order valence-corrected chi connectivity index (χ1v) is 5.74. The molecule has 1 heterocycles. The van der Waals surface area contributed by atoms with Crippen molar-refractivity contribution in [2.24, 2.45) is 0 Å². The number of rotatable bonds is 5. The van der Waals surface area contributed by atoms with Crippen molar-refractivity contribution in [2.45, 2.75) is 31.9 Å². The Morgan fingerprint density at radius 2 is 2.31 bits per heavy atom. The molecule has 4 nitrogen and oxygen atoms in total. The van der Waals surface area contributed by atoms with Crippen LogP contribution in [0.1, 0.15) is 19.8 Å². The first-order chi connectivity index (χ1) is 7.81. The van der Waals surface area contributed by atoms with Crippen molar-refractivity contribution in [3.05, 3.63) is 18.3 Å². The highest BCUT2D eigenvalue weighted by Crippen LogP contribution is 2.26. The highest BCUT2D eigenvalue weighted by Gasteiger charge is 2.29. The van der Waals surface area contributed by atoms with Crippen LogP contribution in [0, 0.1) is 0 Å². The third kappa shape index (κ3) is 2.64. The van der Waals surface area contributed by atoms with Gasteiger partial charge in [-0.3, -0.25) is 0 Å². The fourth-order valence-electron chi connectivity index (χ4n) is 1.78. The molecule has 0 unspecified atom stereocenters. The van der Waals surface area contributed by atoms with Gasteiger partial charge in [0.15, 0.2) is 0 Å². The maximum absolute atomic E-state index is 5.74. The number of hydrogen-bond donors (Lipinski definition) is 1. The van der Waals surface area contributed by atoms with Gasteiger partial charge in [0.1, 0.15) is 11.9 Å². The number of pyridine rings is 1. The van der Waals surface area contributed by atoms with Gasteiger partial charge in [0.2, 0.25) is 5.88 Å². The van der Waals surface area contributed by atoms with Crippen LogP contribution in [0.4, 0.5) is 0 Å². The summed E-state index contributed by atoms with van der Waals surface area (Å²) in [5, 5.41) is 3.22. The summed E-state index contributed by atoms with van der Waals surface area (Å²) in [5.74, 6) is 1.47. The molecule has 2 rings (SSSR count). The Kier molecular flexibility index (Phi) is 3.62. The molecule has 0 aromatic carbocycles. The molecule has 1 fully saturated rings. The van der Waals surface area contributed by atoms with Gasteiger partial charge in [-0.2, -0.15) is 0 Å². The van der Waals surface area contributed by atoms with Crippen LogP contribution in [0.5, 0.6) is 11.6 Å². The molecule has 0 bridgehead atoms. The summed E-state index contributed by atoms with van der Waals surface area (Å²) in [6.45, 7) is 2.62. The Labute approximate surface area is 96.0 Å². The van der Waals surface area contributed by atoms with E-state index in [1.807, 2.05) is 26.1 Å². The first kappa shape index (κ1) is 11.2. The molecule has 1 aromatic heterocycles. The number of hydrogen-bond acceptors (Lipinski definition) is 4. The zero-order chi connectivity index (χ0) is 11.4. The Balaban J connectivity index is 1.87. The zero-order valence-corrected chi connectivity index (χ0v) is 9.77. The van der Waals surface area contributed by atoms with Crippen LogP contribution >= 0.6 is 0 Å². The number of nitrogens with one attached hydrogen (secondary N) is 1. The van der Waals surface area contributed by atoms with Crippen molar-refractivity contribution in [2.75, 3.05) is 13.7 Å². The molecule has 0 saturated heterocycles. The molecule has 0 radical (unpaired) electrons. The number of ether oxygens (including phenoxy) is 2. The van der Waals surface area contributed by atoms with Crippen molar-refractivity contribution in [1.29, 1.82) is 0 Å². The molecule has 1 saturated carbocycles.